The van der Waals surface area contributed by atoms with Gasteiger partial charge in [0.05, 0.1) is 6.54 Å². The summed E-state index contributed by atoms with van der Waals surface area (Å²) in [5.41, 5.74) is 3.67. The highest BCUT2D eigenvalue weighted by Crippen LogP contribution is 2.24. The van der Waals surface area contributed by atoms with Crippen molar-refractivity contribution in [3.63, 3.8) is 0 Å². The molecule has 4 nitrogen and oxygen atoms in total. The van der Waals surface area contributed by atoms with Gasteiger partial charge < -0.3 is 15.1 Å². The van der Waals surface area contributed by atoms with Crippen LogP contribution in [0.4, 0.5) is 5.69 Å². The molecule has 110 valence electrons. The topological polar surface area (TPSA) is 35.6 Å². The highest BCUT2D eigenvalue weighted by Gasteiger charge is 2.21. The second-order valence-electron chi connectivity index (χ2n) is 5.93. The van der Waals surface area contributed by atoms with Gasteiger partial charge in [-0.05, 0) is 31.4 Å². The van der Waals surface area contributed by atoms with Crippen molar-refractivity contribution in [2.45, 2.75) is 32.4 Å². The summed E-state index contributed by atoms with van der Waals surface area (Å²) >= 11 is 0. The predicted octanol–water partition coefficient (Wildman–Crippen LogP) is 1.77. The fourth-order valence-corrected chi connectivity index (χ4v) is 2.20. The molecule has 1 aromatic carbocycles. The van der Waals surface area contributed by atoms with Gasteiger partial charge in [0, 0.05) is 39.4 Å². The molecule has 1 aliphatic carbocycles. The molecule has 1 fully saturated rings. The lowest BCUT2D eigenvalue weighted by Crippen LogP contribution is -2.35. The van der Waals surface area contributed by atoms with Crippen molar-refractivity contribution in [3.05, 3.63) is 29.3 Å². The van der Waals surface area contributed by atoms with Gasteiger partial charge >= 0.3 is 0 Å². The SMILES string of the molecule is Cc1ccc(N(C)CC(=O)N(C)C)c(CNC2CC2)c1. The van der Waals surface area contributed by atoms with Gasteiger partial charge in [-0.25, -0.2) is 0 Å². The van der Waals surface area contributed by atoms with Crippen LogP contribution in [0, 0.1) is 6.92 Å². The molecule has 0 unspecified atom stereocenters. The quantitative estimate of drug-likeness (QED) is 0.859. The molecule has 4 heteroatoms. The first-order valence-electron chi connectivity index (χ1n) is 7.21. The second-order valence-corrected chi connectivity index (χ2v) is 5.93. The van der Waals surface area contributed by atoms with E-state index in [1.54, 1.807) is 19.0 Å². The highest BCUT2D eigenvalue weighted by atomic mass is 16.2. The Morgan fingerprint density at radius 3 is 2.60 bits per heavy atom. The number of aryl methyl sites for hydroxylation is 1. The zero-order chi connectivity index (χ0) is 14.7. The Bertz CT molecular complexity index is 481. The Kier molecular flexibility index (Phi) is 4.65. The lowest BCUT2D eigenvalue weighted by Gasteiger charge is -2.24. The lowest BCUT2D eigenvalue weighted by atomic mass is 10.1. The summed E-state index contributed by atoms with van der Waals surface area (Å²) in [6, 6.07) is 7.12. The molecule has 0 spiro atoms. The third kappa shape index (κ3) is 3.97. The first-order valence-corrected chi connectivity index (χ1v) is 7.21. The van der Waals surface area contributed by atoms with Crippen LogP contribution in [0.2, 0.25) is 0 Å². The Morgan fingerprint density at radius 1 is 1.30 bits per heavy atom. The molecule has 0 aromatic heterocycles. The van der Waals surface area contributed by atoms with E-state index in [1.807, 2.05) is 11.9 Å². The minimum Gasteiger partial charge on any atom is -0.365 e. The monoisotopic (exact) mass is 275 g/mol. The van der Waals surface area contributed by atoms with Gasteiger partial charge in [0.25, 0.3) is 0 Å². The summed E-state index contributed by atoms with van der Waals surface area (Å²) in [6.07, 6.45) is 2.58. The molecule has 0 aliphatic heterocycles. The maximum Gasteiger partial charge on any atom is 0.241 e. The van der Waals surface area contributed by atoms with Crippen LogP contribution in [-0.4, -0.2) is 44.5 Å². The molecular formula is C16H25N3O. The Hall–Kier alpha value is -1.55. The van der Waals surface area contributed by atoms with Crippen LogP contribution in [0.15, 0.2) is 18.2 Å². The molecule has 2 rings (SSSR count). The summed E-state index contributed by atoms with van der Waals surface area (Å²) in [6.45, 7) is 3.39. The molecule has 1 aromatic rings. The number of hydrogen-bond donors (Lipinski definition) is 1. The van der Waals surface area contributed by atoms with Crippen LogP contribution in [0.25, 0.3) is 0 Å². The molecule has 0 saturated heterocycles. The first-order chi connectivity index (χ1) is 9.47. The predicted molar refractivity (Wildman–Crippen MR) is 83.0 cm³/mol. The standard InChI is InChI=1S/C16H25N3O/c1-12-5-8-15(19(4)11-16(20)18(2)3)13(9-12)10-17-14-6-7-14/h5,8-9,14,17H,6-7,10-11H2,1-4H3. The van der Waals surface area contributed by atoms with Crippen LogP contribution >= 0.6 is 0 Å². The lowest BCUT2D eigenvalue weighted by molar-refractivity contribution is -0.127. The van der Waals surface area contributed by atoms with Gasteiger partial charge in [-0.3, -0.25) is 4.79 Å². The van der Waals surface area contributed by atoms with Crippen LogP contribution in [-0.2, 0) is 11.3 Å². The van der Waals surface area contributed by atoms with Crippen LogP contribution in [0.1, 0.15) is 24.0 Å². The summed E-state index contributed by atoms with van der Waals surface area (Å²) in [7, 11) is 5.56. The summed E-state index contributed by atoms with van der Waals surface area (Å²) < 4.78 is 0. The van der Waals surface area contributed by atoms with Crippen molar-refractivity contribution < 1.29 is 4.79 Å². The Balaban J connectivity index is 2.09. The number of carbonyl (C=O) groups is 1. The molecule has 0 radical (unpaired) electrons. The van der Waals surface area contributed by atoms with E-state index in [9.17, 15) is 4.79 Å². The minimum atomic E-state index is 0.120. The van der Waals surface area contributed by atoms with Gasteiger partial charge in [-0.1, -0.05) is 17.7 Å². The van der Waals surface area contributed by atoms with E-state index in [0.717, 1.165) is 12.2 Å². The van der Waals surface area contributed by atoms with E-state index >= 15 is 0 Å². The minimum absolute atomic E-state index is 0.120. The molecule has 0 bridgehead atoms. The van der Waals surface area contributed by atoms with Gasteiger partial charge in [0.1, 0.15) is 0 Å². The Morgan fingerprint density at radius 2 is 2.00 bits per heavy atom. The number of amides is 1. The number of rotatable bonds is 6. The number of nitrogens with zero attached hydrogens (tertiary/aromatic N) is 2. The van der Waals surface area contributed by atoms with E-state index in [4.69, 9.17) is 0 Å². The fourth-order valence-electron chi connectivity index (χ4n) is 2.20. The molecule has 1 aliphatic rings. The number of nitrogens with one attached hydrogen (secondary N) is 1. The van der Waals surface area contributed by atoms with E-state index in [0.29, 0.717) is 12.6 Å². The Labute approximate surface area is 121 Å². The zero-order valence-electron chi connectivity index (χ0n) is 12.9. The smallest absolute Gasteiger partial charge is 0.241 e. The highest BCUT2D eigenvalue weighted by molar-refractivity contribution is 5.81. The maximum atomic E-state index is 11.8. The van der Waals surface area contributed by atoms with E-state index in [1.165, 1.54) is 24.0 Å². The molecule has 20 heavy (non-hydrogen) atoms. The molecule has 1 N–H and O–H groups in total. The number of benzene rings is 1. The number of hydrogen-bond acceptors (Lipinski definition) is 3. The summed E-state index contributed by atoms with van der Waals surface area (Å²) in [5.74, 6) is 0.120. The van der Waals surface area contributed by atoms with Gasteiger partial charge in [-0.2, -0.15) is 0 Å². The van der Waals surface area contributed by atoms with Crippen molar-refractivity contribution in [1.82, 2.24) is 10.2 Å². The van der Waals surface area contributed by atoms with Crippen molar-refractivity contribution in [2.24, 2.45) is 0 Å². The summed E-state index contributed by atoms with van der Waals surface area (Å²) in [4.78, 5) is 15.5. The molecule has 1 amide bonds. The normalized spacial score (nSPS) is 14.2. The van der Waals surface area contributed by atoms with E-state index in [2.05, 4.69) is 30.4 Å². The van der Waals surface area contributed by atoms with Crippen molar-refractivity contribution in [1.29, 1.82) is 0 Å². The largest absolute Gasteiger partial charge is 0.365 e. The van der Waals surface area contributed by atoms with Crippen molar-refractivity contribution >= 4 is 11.6 Å². The fraction of sp³-hybridized carbons (Fsp3) is 0.562. The van der Waals surface area contributed by atoms with Gasteiger partial charge in [0.15, 0.2) is 0 Å². The average Bonchev–Trinajstić information content (AvgIpc) is 3.20. The van der Waals surface area contributed by atoms with Gasteiger partial charge in [0.2, 0.25) is 5.91 Å². The van der Waals surface area contributed by atoms with Crippen LogP contribution in [0.5, 0.6) is 0 Å². The number of carbonyl (C=O) groups excluding carboxylic acids is 1. The van der Waals surface area contributed by atoms with Gasteiger partial charge in [-0.15, -0.1) is 0 Å². The maximum absolute atomic E-state index is 11.8. The molecule has 1 saturated carbocycles. The second kappa shape index (κ2) is 6.27. The number of anilines is 1. The molecule has 0 atom stereocenters. The van der Waals surface area contributed by atoms with E-state index < -0.39 is 0 Å². The molecular weight excluding hydrogens is 250 g/mol. The van der Waals surface area contributed by atoms with E-state index in [-0.39, 0.29) is 5.91 Å². The third-order valence-corrected chi connectivity index (χ3v) is 3.68. The average molecular weight is 275 g/mol. The third-order valence-electron chi connectivity index (χ3n) is 3.68. The summed E-state index contributed by atoms with van der Waals surface area (Å²) in [5, 5.41) is 3.55. The van der Waals surface area contributed by atoms with Crippen LogP contribution < -0.4 is 10.2 Å². The van der Waals surface area contributed by atoms with Crippen molar-refractivity contribution in [2.75, 3.05) is 32.6 Å². The van der Waals surface area contributed by atoms with Crippen LogP contribution in [0.3, 0.4) is 0 Å². The first kappa shape index (κ1) is 14.9. The molecule has 0 heterocycles. The zero-order valence-corrected chi connectivity index (χ0v) is 12.9. The van der Waals surface area contributed by atoms with Crippen molar-refractivity contribution in [3.8, 4) is 0 Å². The number of likely N-dealkylation sites (N-methyl/N-ethyl adjacent to an activating group) is 2.